The average molecular weight is 486 g/mol. The predicted molar refractivity (Wildman–Crippen MR) is 121 cm³/mol. The highest BCUT2D eigenvalue weighted by Crippen LogP contribution is 2.09. The molecular weight excluding hydrogens is 458 g/mol. The molecule has 0 bridgehead atoms. The van der Waals surface area contributed by atoms with Gasteiger partial charge in [-0.25, -0.2) is 4.39 Å². The van der Waals surface area contributed by atoms with Crippen molar-refractivity contribution in [1.29, 1.82) is 0 Å². The number of guanidine groups is 1. The largest absolute Gasteiger partial charge is 0.383 e. The van der Waals surface area contributed by atoms with Gasteiger partial charge in [0.1, 0.15) is 5.82 Å². The third kappa shape index (κ3) is 8.57. The summed E-state index contributed by atoms with van der Waals surface area (Å²) in [7, 11) is 3.41. The molecule has 0 saturated heterocycles. The number of nitrogens with zero attached hydrogens (tertiary/aromatic N) is 1. The second-order valence-corrected chi connectivity index (χ2v) is 5.81. The molecule has 0 aliphatic rings. The fourth-order valence-corrected chi connectivity index (χ4v) is 2.46. The van der Waals surface area contributed by atoms with Crippen LogP contribution >= 0.6 is 24.0 Å². The number of aliphatic imine (C=N–C) groups is 1. The van der Waals surface area contributed by atoms with E-state index in [2.05, 4.69) is 33.1 Å². The lowest BCUT2D eigenvalue weighted by atomic mass is 10.1. The Labute approximate surface area is 177 Å². The van der Waals surface area contributed by atoms with E-state index in [0.717, 1.165) is 17.8 Å². The molecule has 27 heavy (non-hydrogen) atoms. The highest BCUT2D eigenvalue weighted by molar-refractivity contribution is 14.0. The van der Waals surface area contributed by atoms with Gasteiger partial charge in [0, 0.05) is 39.5 Å². The van der Waals surface area contributed by atoms with Crippen molar-refractivity contribution in [3.8, 4) is 0 Å². The van der Waals surface area contributed by atoms with E-state index in [9.17, 15) is 4.39 Å². The first-order valence-corrected chi connectivity index (χ1v) is 8.72. The van der Waals surface area contributed by atoms with Gasteiger partial charge < -0.3 is 20.7 Å². The number of rotatable bonds is 9. The first-order chi connectivity index (χ1) is 12.7. The molecule has 5 nitrogen and oxygen atoms in total. The minimum atomic E-state index is -0.170. The van der Waals surface area contributed by atoms with Gasteiger partial charge in [-0.15, -0.1) is 24.0 Å². The van der Waals surface area contributed by atoms with Crippen molar-refractivity contribution in [2.45, 2.75) is 13.0 Å². The average Bonchev–Trinajstić information content (AvgIpc) is 2.67. The molecule has 0 aliphatic carbocycles. The molecule has 0 unspecified atom stereocenters. The van der Waals surface area contributed by atoms with Crippen molar-refractivity contribution in [2.75, 3.05) is 39.2 Å². The van der Waals surface area contributed by atoms with Gasteiger partial charge >= 0.3 is 0 Å². The fourth-order valence-electron chi connectivity index (χ4n) is 2.46. The van der Waals surface area contributed by atoms with Gasteiger partial charge in [0.05, 0.1) is 6.61 Å². The van der Waals surface area contributed by atoms with E-state index >= 15 is 0 Å². The second kappa shape index (κ2) is 13.3. The van der Waals surface area contributed by atoms with Crippen molar-refractivity contribution in [3.63, 3.8) is 0 Å². The quantitative estimate of drug-likeness (QED) is 0.220. The Morgan fingerprint density at radius 2 is 1.78 bits per heavy atom. The Bertz CT molecular complexity index is 695. The molecule has 2 aromatic rings. The molecule has 0 fully saturated rings. The SMILES string of the molecule is CN=C(NCCc1ccccc1F)NCc1ccc(NCCOC)cc1.I. The van der Waals surface area contributed by atoms with Gasteiger partial charge in [-0.05, 0) is 35.7 Å². The number of hydrogen-bond acceptors (Lipinski definition) is 3. The van der Waals surface area contributed by atoms with Crippen LogP contribution in [0.4, 0.5) is 10.1 Å². The molecule has 0 aliphatic heterocycles. The van der Waals surface area contributed by atoms with E-state index in [1.165, 1.54) is 6.07 Å². The van der Waals surface area contributed by atoms with Crippen LogP contribution < -0.4 is 16.0 Å². The smallest absolute Gasteiger partial charge is 0.191 e. The molecule has 0 atom stereocenters. The van der Waals surface area contributed by atoms with Crippen LogP contribution in [-0.4, -0.2) is 39.8 Å². The maximum Gasteiger partial charge on any atom is 0.191 e. The zero-order valence-electron chi connectivity index (χ0n) is 15.8. The van der Waals surface area contributed by atoms with Crippen LogP contribution in [0.2, 0.25) is 0 Å². The molecule has 2 rings (SSSR count). The van der Waals surface area contributed by atoms with Crippen LogP contribution in [0, 0.1) is 5.82 Å². The molecule has 0 heterocycles. The lowest BCUT2D eigenvalue weighted by Gasteiger charge is -2.13. The molecule has 0 radical (unpaired) electrons. The summed E-state index contributed by atoms with van der Waals surface area (Å²) in [6.45, 7) is 2.74. The monoisotopic (exact) mass is 486 g/mol. The van der Waals surface area contributed by atoms with Gasteiger partial charge in [-0.2, -0.15) is 0 Å². The summed E-state index contributed by atoms with van der Waals surface area (Å²) in [5.74, 6) is 0.528. The Morgan fingerprint density at radius 1 is 1.04 bits per heavy atom. The van der Waals surface area contributed by atoms with Crippen LogP contribution in [0.3, 0.4) is 0 Å². The number of methoxy groups -OCH3 is 1. The lowest BCUT2D eigenvalue weighted by molar-refractivity contribution is 0.211. The summed E-state index contributed by atoms with van der Waals surface area (Å²) in [5, 5.41) is 9.75. The van der Waals surface area contributed by atoms with E-state index in [1.807, 2.05) is 18.2 Å². The summed E-state index contributed by atoms with van der Waals surface area (Å²) in [6.07, 6.45) is 0.606. The van der Waals surface area contributed by atoms with Crippen LogP contribution in [0.5, 0.6) is 0 Å². The molecule has 148 valence electrons. The highest BCUT2D eigenvalue weighted by Gasteiger charge is 2.02. The second-order valence-electron chi connectivity index (χ2n) is 5.81. The van der Waals surface area contributed by atoms with E-state index in [0.29, 0.717) is 37.6 Å². The molecule has 0 amide bonds. The normalized spacial score (nSPS) is 10.9. The predicted octanol–water partition coefficient (Wildman–Crippen LogP) is 3.41. The fraction of sp³-hybridized carbons (Fsp3) is 0.350. The Kier molecular flexibility index (Phi) is 11.4. The number of benzene rings is 2. The van der Waals surface area contributed by atoms with Gasteiger partial charge in [0.25, 0.3) is 0 Å². The molecule has 2 aromatic carbocycles. The summed E-state index contributed by atoms with van der Waals surface area (Å²) in [5.41, 5.74) is 2.92. The molecule has 0 spiro atoms. The standard InChI is InChI=1S/C20H27FN4O.HI/c1-22-20(24-12-11-17-5-3-4-6-19(17)21)25-15-16-7-9-18(10-8-16)23-13-14-26-2;/h3-10,23H,11-15H2,1-2H3,(H2,22,24,25);1H. The number of hydrogen-bond donors (Lipinski definition) is 3. The molecule has 7 heteroatoms. The van der Waals surface area contributed by atoms with Gasteiger partial charge in [0.15, 0.2) is 5.96 Å². The van der Waals surface area contributed by atoms with Crippen molar-refractivity contribution in [1.82, 2.24) is 10.6 Å². The maximum absolute atomic E-state index is 13.6. The molecule has 0 aromatic heterocycles. The minimum absolute atomic E-state index is 0. The van der Waals surface area contributed by atoms with E-state index < -0.39 is 0 Å². The zero-order chi connectivity index (χ0) is 18.6. The first kappa shape index (κ1) is 23.2. The molecule has 3 N–H and O–H groups in total. The lowest BCUT2D eigenvalue weighted by Crippen LogP contribution is -2.37. The van der Waals surface area contributed by atoms with Gasteiger partial charge in [0.2, 0.25) is 0 Å². The van der Waals surface area contributed by atoms with Crippen molar-refractivity contribution in [3.05, 3.63) is 65.5 Å². The summed E-state index contributed by atoms with van der Waals surface area (Å²) < 4.78 is 18.6. The topological polar surface area (TPSA) is 57.7 Å². The Balaban J connectivity index is 0.00000364. The van der Waals surface area contributed by atoms with Crippen LogP contribution in [0.15, 0.2) is 53.5 Å². The molecular formula is C20H28FIN4O. The van der Waals surface area contributed by atoms with E-state index in [-0.39, 0.29) is 29.8 Å². The Morgan fingerprint density at radius 3 is 2.44 bits per heavy atom. The number of halogens is 2. The highest BCUT2D eigenvalue weighted by atomic mass is 127. The molecule has 0 saturated carbocycles. The van der Waals surface area contributed by atoms with Crippen molar-refractivity contribution < 1.29 is 9.13 Å². The zero-order valence-corrected chi connectivity index (χ0v) is 18.1. The summed E-state index contributed by atoms with van der Waals surface area (Å²) in [6, 6.07) is 15.0. The van der Waals surface area contributed by atoms with Crippen LogP contribution in [-0.2, 0) is 17.7 Å². The maximum atomic E-state index is 13.6. The van der Waals surface area contributed by atoms with Crippen LogP contribution in [0.25, 0.3) is 0 Å². The van der Waals surface area contributed by atoms with E-state index in [4.69, 9.17) is 4.74 Å². The van der Waals surface area contributed by atoms with Gasteiger partial charge in [-0.3, -0.25) is 4.99 Å². The third-order valence-electron chi connectivity index (χ3n) is 3.92. The number of anilines is 1. The van der Waals surface area contributed by atoms with Crippen LogP contribution in [0.1, 0.15) is 11.1 Å². The van der Waals surface area contributed by atoms with E-state index in [1.54, 1.807) is 26.3 Å². The van der Waals surface area contributed by atoms with Crippen molar-refractivity contribution >= 4 is 35.6 Å². The number of nitrogens with one attached hydrogen (secondary N) is 3. The minimum Gasteiger partial charge on any atom is -0.383 e. The summed E-state index contributed by atoms with van der Waals surface area (Å²) in [4.78, 5) is 4.20. The first-order valence-electron chi connectivity index (χ1n) is 8.72. The number of ether oxygens (including phenoxy) is 1. The Hall–Kier alpha value is -1.87. The van der Waals surface area contributed by atoms with Gasteiger partial charge in [-0.1, -0.05) is 30.3 Å². The third-order valence-corrected chi connectivity index (χ3v) is 3.92. The van der Waals surface area contributed by atoms with Crippen molar-refractivity contribution in [2.24, 2.45) is 4.99 Å². The summed E-state index contributed by atoms with van der Waals surface area (Å²) >= 11 is 0.